The zero-order valence-corrected chi connectivity index (χ0v) is 12.5. The predicted molar refractivity (Wildman–Crippen MR) is 83.3 cm³/mol. The molecule has 0 heterocycles. The van der Waals surface area contributed by atoms with Crippen molar-refractivity contribution in [1.29, 1.82) is 0 Å². The van der Waals surface area contributed by atoms with Crippen LogP contribution in [0.15, 0.2) is 36.4 Å². The van der Waals surface area contributed by atoms with Gasteiger partial charge in [-0.05, 0) is 66.8 Å². The van der Waals surface area contributed by atoms with Gasteiger partial charge in [0.15, 0.2) is 0 Å². The van der Waals surface area contributed by atoms with Crippen LogP contribution in [0.4, 0.5) is 4.39 Å². The molecular weight excluding hydrogens is 249 g/mol. The van der Waals surface area contributed by atoms with Crippen LogP contribution in [0.5, 0.6) is 0 Å². The Morgan fingerprint density at radius 3 is 2.50 bits per heavy atom. The minimum absolute atomic E-state index is 0.173. The summed E-state index contributed by atoms with van der Waals surface area (Å²) in [5, 5.41) is 3.40. The van der Waals surface area contributed by atoms with E-state index < -0.39 is 0 Å². The van der Waals surface area contributed by atoms with E-state index in [0.29, 0.717) is 0 Å². The number of aryl methyl sites for hydroxylation is 2. The van der Waals surface area contributed by atoms with E-state index in [-0.39, 0.29) is 5.82 Å². The third kappa shape index (κ3) is 3.67. The maximum absolute atomic E-state index is 13.5. The summed E-state index contributed by atoms with van der Waals surface area (Å²) in [6.45, 7) is 8.08. The summed E-state index contributed by atoms with van der Waals surface area (Å²) in [5.41, 5.74) is 5.46. The summed E-state index contributed by atoms with van der Waals surface area (Å²) in [4.78, 5) is 0. The molecule has 106 valence electrons. The van der Waals surface area contributed by atoms with Gasteiger partial charge in [-0.2, -0.15) is 0 Å². The first-order valence-corrected chi connectivity index (χ1v) is 7.18. The first kappa shape index (κ1) is 14.7. The summed E-state index contributed by atoms with van der Waals surface area (Å²) in [5.74, 6) is -0.173. The number of halogens is 1. The van der Waals surface area contributed by atoms with Gasteiger partial charge in [0.1, 0.15) is 5.82 Å². The Hall–Kier alpha value is -1.67. The van der Waals surface area contributed by atoms with Gasteiger partial charge in [-0.15, -0.1) is 0 Å². The maximum atomic E-state index is 13.5. The molecule has 2 rings (SSSR count). The number of rotatable bonds is 5. The molecule has 0 radical (unpaired) electrons. The Labute approximate surface area is 120 Å². The highest BCUT2D eigenvalue weighted by Gasteiger charge is 2.05. The van der Waals surface area contributed by atoms with Crippen LogP contribution in [0.25, 0.3) is 11.1 Å². The van der Waals surface area contributed by atoms with Gasteiger partial charge < -0.3 is 5.32 Å². The molecular formula is C18H22FN. The first-order chi connectivity index (χ1) is 9.60. The molecule has 0 aromatic heterocycles. The molecule has 0 aliphatic rings. The van der Waals surface area contributed by atoms with Gasteiger partial charge in [-0.25, -0.2) is 4.39 Å². The highest BCUT2D eigenvalue weighted by Crippen LogP contribution is 2.26. The highest BCUT2D eigenvalue weighted by atomic mass is 19.1. The number of nitrogens with one attached hydrogen (secondary N) is 1. The van der Waals surface area contributed by atoms with Crippen LogP contribution in [0, 0.1) is 19.7 Å². The topological polar surface area (TPSA) is 12.0 Å². The Kier molecular flexibility index (Phi) is 4.91. The van der Waals surface area contributed by atoms with Gasteiger partial charge in [-0.1, -0.05) is 31.2 Å². The number of hydrogen-bond acceptors (Lipinski definition) is 1. The number of benzene rings is 2. The van der Waals surface area contributed by atoms with E-state index in [1.165, 1.54) is 11.1 Å². The van der Waals surface area contributed by atoms with Gasteiger partial charge in [0.2, 0.25) is 0 Å². The Morgan fingerprint density at radius 2 is 1.85 bits per heavy atom. The Bertz CT molecular complexity index is 570. The van der Waals surface area contributed by atoms with Crippen LogP contribution >= 0.6 is 0 Å². The summed E-state index contributed by atoms with van der Waals surface area (Å²) in [6.07, 6.45) is 1.14. The molecule has 2 heteroatoms. The van der Waals surface area contributed by atoms with E-state index in [1.807, 2.05) is 13.0 Å². The second-order valence-corrected chi connectivity index (χ2v) is 5.34. The molecule has 1 N–H and O–H groups in total. The van der Waals surface area contributed by atoms with Crippen LogP contribution in [0.2, 0.25) is 0 Å². The minimum Gasteiger partial charge on any atom is -0.313 e. The molecule has 20 heavy (non-hydrogen) atoms. The van der Waals surface area contributed by atoms with E-state index in [2.05, 4.69) is 37.4 Å². The molecule has 0 saturated carbocycles. The van der Waals surface area contributed by atoms with Crippen molar-refractivity contribution in [3.63, 3.8) is 0 Å². The fourth-order valence-corrected chi connectivity index (χ4v) is 2.46. The van der Waals surface area contributed by atoms with Crippen molar-refractivity contribution in [2.24, 2.45) is 0 Å². The van der Waals surface area contributed by atoms with Crippen molar-refractivity contribution in [2.45, 2.75) is 33.7 Å². The van der Waals surface area contributed by atoms with Gasteiger partial charge in [0.05, 0.1) is 0 Å². The molecule has 2 aromatic carbocycles. The maximum Gasteiger partial charge on any atom is 0.124 e. The molecule has 1 nitrogen and oxygen atoms in total. The summed E-state index contributed by atoms with van der Waals surface area (Å²) < 4.78 is 13.5. The fourth-order valence-electron chi connectivity index (χ4n) is 2.46. The van der Waals surface area contributed by atoms with Gasteiger partial charge in [0, 0.05) is 6.54 Å². The second kappa shape index (κ2) is 6.67. The molecule has 2 aromatic rings. The van der Waals surface area contributed by atoms with E-state index in [0.717, 1.165) is 36.2 Å². The zero-order chi connectivity index (χ0) is 14.5. The van der Waals surface area contributed by atoms with Crippen molar-refractivity contribution in [3.8, 4) is 11.1 Å². The van der Waals surface area contributed by atoms with Crippen LogP contribution in [0.1, 0.15) is 30.0 Å². The van der Waals surface area contributed by atoms with E-state index in [1.54, 1.807) is 12.1 Å². The molecule has 0 unspecified atom stereocenters. The minimum atomic E-state index is -0.173. The smallest absolute Gasteiger partial charge is 0.124 e. The van der Waals surface area contributed by atoms with Crippen molar-refractivity contribution < 1.29 is 4.39 Å². The monoisotopic (exact) mass is 271 g/mol. The van der Waals surface area contributed by atoms with Crippen molar-refractivity contribution in [1.82, 2.24) is 5.32 Å². The lowest BCUT2D eigenvalue weighted by Crippen LogP contribution is -2.13. The SMILES string of the molecule is CCCNCc1ccc(-c2cc(C)cc(F)c2)c(C)c1. The van der Waals surface area contributed by atoms with Crippen LogP contribution in [-0.4, -0.2) is 6.54 Å². The molecule has 0 saturated heterocycles. The molecule has 0 bridgehead atoms. The second-order valence-electron chi connectivity index (χ2n) is 5.34. The quantitative estimate of drug-likeness (QED) is 0.783. The normalized spacial score (nSPS) is 10.8. The Balaban J connectivity index is 2.25. The van der Waals surface area contributed by atoms with Crippen LogP contribution in [0.3, 0.4) is 0 Å². The third-order valence-corrected chi connectivity index (χ3v) is 3.40. The van der Waals surface area contributed by atoms with Crippen molar-refractivity contribution in [2.75, 3.05) is 6.54 Å². The van der Waals surface area contributed by atoms with Gasteiger partial charge in [-0.3, -0.25) is 0 Å². The highest BCUT2D eigenvalue weighted by molar-refractivity contribution is 5.68. The predicted octanol–water partition coefficient (Wildman–Crippen LogP) is 4.61. The van der Waals surface area contributed by atoms with E-state index in [4.69, 9.17) is 0 Å². The molecule has 0 aliphatic carbocycles. The lowest BCUT2D eigenvalue weighted by Gasteiger charge is -2.10. The lowest BCUT2D eigenvalue weighted by atomic mass is 9.97. The average molecular weight is 271 g/mol. The molecule has 0 amide bonds. The van der Waals surface area contributed by atoms with E-state index >= 15 is 0 Å². The summed E-state index contributed by atoms with van der Waals surface area (Å²) in [7, 11) is 0. The van der Waals surface area contributed by atoms with Crippen molar-refractivity contribution >= 4 is 0 Å². The third-order valence-electron chi connectivity index (χ3n) is 3.40. The average Bonchev–Trinajstić information content (AvgIpc) is 2.38. The Morgan fingerprint density at radius 1 is 1.05 bits per heavy atom. The first-order valence-electron chi connectivity index (χ1n) is 7.18. The van der Waals surface area contributed by atoms with E-state index in [9.17, 15) is 4.39 Å². The van der Waals surface area contributed by atoms with Crippen LogP contribution in [-0.2, 0) is 6.54 Å². The van der Waals surface area contributed by atoms with Gasteiger partial charge in [0.25, 0.3) is 0 Å². The lowest BCUT2D eigenvalue weighted by molar-refractivity contribution is 0.627. The van der Waals surface area contributed by atoms with Crippen LogP contribution < -0.4 is 5.32 Å². The van der Waals surface area contributed by atoms with Crippen molar-refractivity contribution in [3.05, 3.63) is 58.9 Å². The largest absolute Gasteiger partial charge is 0.313 e. The summed E-state index contributed by atoms with van der Waals surface area (Å²) >= 11 is 0. The zero-order valence-electron chi connectivity index (χ0n) is 12.5. The summed E-state index contributed by atoms with van der Waals surface area (Å²) in [6, 6.07) is 11.6. The molecule has 0 aliphatic heterocycles. The fraction of sp³-hybridized carbons (Fsp3) is 0.333. The number of hydrogen-bond donors (Lipinski definition) is 1. The van der Waals surface area contributed by atoms with Gasteiger partial charge >= 0.3 is 0 Å². The standard InChI is InChI=1S/C18H22FN/c1-4-7-20-12-15-5-6-18(14(3)10-15)16-8-13(2)9-17(19)11-16/h5-6,8-11,20H,4,7,12H2,1-3H3. The molecule has 0 atom stereocenters. The molecule has 0 spiro atoms. The molecule has 0 fully saturated rings.